The number of hydrogen-bond donors (Lipinski definition) is 1. The van der Waals surface area contributed by atoms with Gasteiger partial charge in [-0.15, -0.1) is 0 Å². The third-order valence-electron chi connectivity index (χ3n) is 1.52. The molecule has 4 nitrogen and oxygen atoms in total. The normalized spacial score (nSPS) is 10.4. The van der Waals surface area contributed by atoms with Gasteiger partial charge in [-0.2, -0.15) is 5.10 Å². The topological polar surface area (TPSA) is 58.6 Å². The molecule has 0 aliphatic rings. The van der Waals surface area contributed by atoms with Gasteiger partial charge in [0, 0.05) is 11.6 Å². The van der Waals surface area contributed by atoms with Crippen molar-refractivity contribution in [1.29, 1.82) is 0 Å². The molecule has 0 spiro atoms. The Labute approximate surface area is 75.8 Å². The van der Waals surface area contributed by atoms with E-state index in [1.165, 1.54) is 6.20 Å². The third kappa shape index (κ3) is 1.12. The number of halogens is 1. The van der Waals surface area contributed by atoms with Crippen molar-refractivity contribution in [2.24, 2.45) is 0 Å². The monoisotopic (exact) mass is 225 g/mol. The van der Waals surface area contributed by atoms with Crippen LogP contribution in [0.2, 0.25) is 0 Å². The number of nitrogens with zero attached hydrogens (tertiary/aromatic N) is 2. The van der Waals surface area contributed by atoms with Crippen LogP contribution in [0.15, 0.2) is 27.9 Å². The van der Waals surface area contributed by atoms with Crippen LogP contribution in [0.25, 0.3) is 10.8 Å². The molecule has 60 valence electrons. The van der Waals surface area contributed by atoms with Crippen LogP contribution in [0.3, 0.4) is 0 Å². The summed E-state index contributed by atoms with van der Waals surface area (Å²) in [5, 5.41) is 7.33. The molecule has 0 aliphatic carbocycles. The Balaban J connectivity index is 2.96. The molecule has 2 aromatic rings. The summed E-state index contributed by atoms with van der Waals surface area (Å²) in [7, 11) is 0. The zero-order chi connectivity index (χ0) is 8.55. The van der Waals surface area contributed by atoms with E-state index in [0.717, 1.165) is 5.39 Å². The number of fused-ring (bicyclic) bond motifs is 1. The number of H-pyrrole nitrogens is 1. The standard InChI is InChI=1S/C7H4BrN3O/c8-6-1-4-2-10-11-7(12)5(4)3-9-6/h1-3H,(H,11,12). The molecule has 0 radical (unpaired) electrons. The van der Waals surface area contributed by atoms with Crippen molar-refractivity contribution in [3.63, 3.8) is 0 Å². The number of nitrogens with one attached hydrogen (secondary N) is 1. The van der Waals surface area contributed by atoms with E-state index in [0.29, 0.717) is 9.99 Å². The van der Waals surface area contributed by atoms with Crippen molar-refractivity contribution in [2.45, 2.75) is 0 Å². The van der Waals surface area contributed by atoms with Crippen LogP contribution in [0, 0.1) is 0 Å². The third-order valence-corrected chi connectivity index (χ3v) is 1.95. The number of aromatic amines is 1. The Kier molecular flexibility index (Phi) is 1.65. The minimum Gasteiger partial charge on any atom is -0.267 e. The Morgan fingerprint density at radius 3 is 3.08 bits per heavy atom. The average molecular weight is 226 g/mol. The number of pyridine rings is 1. The van der Waals surface area contributed by atoms with Crippen molar-refractivity contribution in [2.75, 3.05) is 0 Å². The van der Waals surface area contributed by atoms with E-state index >= 15 is 0 Å². The maximum Gasteiger partial charge on any atom is 0.273 e. The fourth-order valence-electron chi connectivity index (χ4n) is 0.961. The first kappa shape index (κ1) is 7.42. The van der Waals surface area contributed by atoms with Gasteiger partial charge in [0.15, 0.2) is 0 Å². The lowest BCUT2D eigenvalue weighted by Crippen LogP contribution is -2.07. The molecule has 0 bridgehead atoms. The molecule has 12 heavy (non-hydrogen) atoms. The average Bonchev–Trinajstić information content (AvgIpc) is 2.04. The molecule has 0 unspecified atom stereocenters. The fraction of sp³-hybridized carbons (Fsp3) is 0. The molecule has 0 aliphatic heterocycles. The smallest absolute Gasteiger partial charge is 0.267 e. The van der Waals surface area contributed by atoms with Crippen molar-refractivity contribution in [3.05, 3.63) is 33.4 Å². The Bertz CT molecular complexity index is 479. The molecule has 0 aromatic carbocycles. The van der Waals surface area contributed by atoms with Gasteiger partial charge < -0.3 is 0 Å². The summed E-state index contributed by atoms with van der Waals surface area (Å²) in [4.78, 5) is 15.1. The molecule has 0 amide bonds. The summed E-state index contributed by atoms with van der Waals surface area (Å²) in [6.45, 7) is 0. The van der Waals surface area contributed by atoms with Gasteiger partial charge in [0.05, 0.1) is 11.6 Å². The van der Waals surface area contributed by atoms with E-state index in [1.54, 1.807) is 12.3 Å². The fourth-order valence-corrected chi connectivity index (χ4v) is 1.31. The van der Waals surface area contributed by atoms with Crippen LogP contribution >= 0.6 is 15.9 Å². The SMILES string of the molecule is O=c1[nH]ncc2cc(Br)ncc12. The van der Waals surface area contributed by atoms with Crippen LogP contribution in [0.4, 0.5) is 0 Å². The number of rotatable bonds is 0. The van der Waals surface area contributed by atoms with Gasteiger partial charge in [-0.3, -0.25) is 4.79 Å². The maximum absolute atomic E-state index is 11.1. The van der Waals surface area contributed by atoms with Crippen molar-refractivity contribution in [1.82, 2.24) is 15.2 Å². The Morgan fingerprint density at radius 2 is 2.25 bits per heavy atom. The second-order valence-corrected chi connectivity index (χ2v) is 3.11. The van der Waals surface area contributed by atoms with Crippen LogP contribution in [0.5, 0.6) is 0 Å². The number of hydrogen-bond acceptors (Lipinski definition) is 3. The van der Waals surface area contributed by atoms with Crippen molar-refractivity contribution in [3.8, 4) is 0 Å². The summed E-state index contributed by atoms with van der Waals surface area (Å²) < 4.78 is 0.697. The Morgan fingerprint density at radius 1 is 1.42 bits per heavy atom. The molecule has 0 fully saturated rings. The van der Waals surface area contributed by atoms with E-state index in [9.17, 15) is 4.79 Å². The van der Waals surface area contributed by atoms with Gasteiger partial charge in [-0.1, -0.05) is 0 Å². The zero-order valence-corrected chi connectivity index (χ0v) is 7.50. The molecule has 2 rings (SSSR count). The summed E-state index contributed by atoms with van der Waals surface area (Å²) in [6.07, 6.45) is 3.10. The van der Waals surface area contributed by atoms with Crippen LogP contribution in [-0.2, 0) is 0 Å². The van der Waals surface area contributed by atoms with Gasteiger partial charge in [0.25, 0.3) is 5.56 Å². The maximum atomic E-state index is 11.1. The molecule has 0 atom stereocenters. The molecule has 0 saturated heterocycles. The predicted molar refractivity (Wildman–Crippen MR) is 47.9 cm³/mol. The van der Waals surface area contributed by atoms with Crippen molar-refractivity contribution >= 4 is 26.7 Å². The van der Waals surface area contributed by atoms with E-state index in [-0.39, 0.29) is 5.56 Å². The van der Waals surface area contributed by atoms with Crippen LogP contribution in [0.1, 0.15) is 0 Å². The van der Waals surface area contributed by atoms with Crippen molar-refractivity contribution < 1.29 is 0 Å². The predicted octanol–water partition coefficient (Wildman–Crippen LogP) is 1.08. The molecule has 0 saturated carbocycles. The first-order chi connectivity index (χ1) is 5.77. The second kappa shape index (κ2) is 2.67. The van der Waals surface area contributed by atoms with Crippen LogP contribution < -0.4 is 5.56 Å². The van der Waals surface area contributed by atoms with Gasteiger partial charge in [-0.05, 0) is 22.0 Å². The van der Waals surface area contributed by atoms with Gasteiger partial charge in [0.1, 0.15) is 4.60 Å². The summed E-state index contributed by atoms with van der Waals surface area (Å²) in [5.74, 6) is 0. The first-order valence-corrected chi connectivity index (χ1v) is 4.05. The molecule has 2 aromatic heterocycles. The molecular formula is C7H4BrN3O. The second-order valence-electron chi connectivity index (χ2n) is 2.29. The highest BCUT2D eigenvalue weighted by molar-refractivity contribution is 9.10. The van der Waals surface area contributed by atoms with Gasteiger partial charge in [-0.25, -0.2) is 10.1 Å². The lowest BCUT2D eigenvalue weighted by molar-refractivity contribution is 1.01. The summed E-state index contributed by atoms with van der Waals surface area (Å²) >= 11 is 3.21. The van der Waals surface area contributed by atoms with Gasteiger partial charge in [0.2, 0.25) is 0 Å². The minimum absolute atomic E-state index is 0.215. The highest BCUT2D eigenvalue weighted by Crippen LogP contribution is 2.11. The quantitative estimate of drug-likeness (QED) is 0.683. The molecule has 5 heteroatoms. The largest absolute Gasteiger partial charge is 0.273 e. The van der Waals surface area contributed by atoms with E-state index in [1.807, 2.05) is 0 Å². The Hall–Kier alpha value is -1.23. The highest BCUT2D eigenvalue weighted by Gasteiger charge is 1.98. The number of aromatic nitrogens is 3. The summed E-state index contributed by atoms with van der Waals surface area (Å²) in [5.41, 5.74) is -0.215. The summed E-state index contributed by atoms with van der Waals surface area (Å²) in [6, 6.07) is 1.75. The first-order valence-electron chi connectivity index (χ1n) is 3.26. The van der Waals surface area contributed by atoms with Crippen LogP contribution in [-0.4, -0.2) is 15.2 Å². The van der Waals surface area contributed by atoms with E-state index in [2.05, 4.69) is 31.1 Å². The molecule has 1 N–H and O–H groups in total. The molecule has 2 heterocycles. The zero-order valence-electron chi connectivity index (χ0n) is 5.91. The lowest BCUT2D eigenvalue weighted by atomic mass is 10.3. The van der Waals surface area contributed by atoms with E-state index < -0.39 is 0 Å². The minimum atomic E-state index is -0.215. The lowest BCUT2D eigenvalue weighted by Gasteiger charge is -1.93. The van der Waals surface area contributed by atoms with Gasteiger partial charge >= 0.3 is 0 Å². The molecular weight excluding hydrogens is 222 g/mol. The highest BCUT2D eigenvalue weighted by atomic mass is 79.9. The van der Waals surface area contributed by atoms with E-state index in [4.69, 9.17) is 0 Å².